The van der Waals surface area contributed by atoms with Gasteiger partial charge in [0.2, 0.25) is 17.6 Å². The van der Waals surface area contributed by atoms with Crippen LogP contribution in [0.3, 0.4) is 0 Å². The van der Waals surface area contributed by atoms with Gasteiger partial charge in [0.1, 0.15) is 0 Å². The molecule has 2 aromatic rings. The third-order valence-electron chi connectivity index (χ3n) is 5.29. The quantitative estimate of drug-likeness (QED) is 0.848. The van der Waals surface area contributed by atoms with Crippen LogP contribution in [0.2, 0.25) is 0 Å². The summed E-state index contributed by atoms with van der Waals surface area (Å²) in [5.74, 6) is 1.38. The highest BCUT2D eigenvalue weighted by Gasteiger charge is 2.39. The van der Waals surface area contributed by atoms with E-state index < -0.39 is 0 Å². The van der Waals surface area contributed by atoms with E-state index >= 15 is 0 Å². The van der Waals surface area contributed by atoms with Crippen molar-refractivity contribution in [1.29, 1.82) is 0 Å². The molecule has 2 atom stereocenters. The van der Waals surface area contributed by atoms with Crippen molar-refractivity contribution >= 4 is 5.91 Å². The second kappa shape index (κ2) is 6.92. The van der Waals surface area contributed by atoms with Gasteiger partial charge in [-0.1, -0.05) is 5.16 Å². The maximum absolute atomic E-state index is 11.9. The molecule has 25 heavy (non-hydrogen) atoms. The lowest BCUT2D eigenvalue weighted by atomic mass is 10.0. The first kappa shape index (κ1) is 16.2. The van der Waals surface area contributed by atoms with Gasteiger partial charge in [-0.15, -0.1) is 0 Å². The summed E-state index contributed by atoms with van der Waals surface area (Å²) < 4.78 is 5.46. The maximum Gasteiger partial charge on any atom is 0.241 e. The lowest BCUT2D eigenvalue weighted by Crippen LogP contribution is -2.47. The Balaban J connectivity index is 1.47. The summed E-state index contributed by atoms with van der Waals surface area (Å²) in [6.45, 7) is 4.21. The predicted octanol–water partition coefficient (Wildman–Crippen LogP) is 2.11. The Morgan fingerprint density at radius 3 is 2.92 bits per heavy atom. The van der Waals surface area contributed by atoms with E-state index in [0.717, 1.165) is 44.3 Å². The first-order chi connectivity index (χ1) is 12.2. The largest absolute Gasteiger partial charge is 0.338 e. The summed E-state index contributed by atoms with van der Waals surface area (Å²) >= 11 is 0. The Morgan fingerprint density at radius 2 is 2.12 bits per heavy atom. The van der Waals surface area contributed by atoms with E-state index in [-0.39, 0.29) is 5.91 Å². The fourth-order valence-electron chi connectivity index (χ4n) is 4.17. The van der Waals surface area contributed by atoms with E-state index in [4.69, 9.17) is 4.52 Å². The molecule has 0 aliphatic carbocycles. The van der Waals surface area contributed by atoms with Crippen LogP contribution in [-0.2, 0) is 11.3 Å². The van der Waals surface area contributed by atoms with Crippen molar-refractivity contribution in [3.63, 3.8) is 0 Å². The molecular formula is C18H23N5O2. The van der Waals surface area contributed by atoms with Gasteiger partial charge in [0, 0.05) is 43.5 Å². The Labute approximate surface area is 147 Å². The molecule has 4 heterocycles. The molecule has 2 fully saturated rings. The number of rotatable bonds is 4. The molecule has 0 N–H and O–H groups in total. The first-order valence-electron chi connectivity index (χ1n) is 8.96. The van der Waals surface area contributed by atoms with E-state index in [1.807, 2.05) is 17.0 Å². The fraction of sp³-hybridized carbons (Fsp3) is 0.556. The molecule has 132 valence electrons. The van der Waals surface area contributed by atoms with E-state index in [0.29, 0.717) is 30.3 Å². The van der Waals surface area contributed by atoms with Crippen LogP contribution in [0.1, 0.15) is 38.5 Å². The zero-order chi connectivity index (χ0) is 17.2. The summed E-state index contributed by atoms with van der Waals surface area (Å²) in [6, 6.07) is 4.49. The molecule has 2 saturated heterocycles. The number of carbonyl (C=O) groups is 1. The predicted molar refractivity (Wildman–Crippen MR) is 91.4 cm³/mol. The third-order valence-corrected chi connectivity index (χ3v) is 5.29. The van der Waals surface area contributed by atoms with Crippen LogP contribution < -0.4 is 0 Å². The van der Waals surface area contributed by atoms with Gasteiger partial charge in [0.15, 0.2) is 0 Å². The molecule has 7 heteroatoms. The number of hydrogen-bond donors (Lipinski definition) is 0. The van der Waals surface area contributed by atoms with E-state index in [2.05, 4.69) is 20.0 Å². The number of amides is 1. The van der Waals surface area contributed by atoms with E-state index in [1.165, 1.54) is 0 Å². The number of carbonyl (C=O) groups excluding carboxylic acids is 1. The SMILES string of the molecule is CC(=O)N1CCC[C@@H]1[C@@H]1CCCN1Cc1nc(-c2cccnc2)no1. The van der Waals surface area contributed by atoms with Gasteiger partial charge in [0.05, 0.1) is 6.54 Å². The molecule has 4 rings (SSSR count). The van der Waals surface area contributed by atoms with Crippen molar-refractivity contribution in [2.75, 3.05) is 13.1 Å². The second-order valence-electron chi connectivity index (χ2n) is 6.86. The van der Waals surface area contributed by atoms with Crippen LogP contribution in [0, 0.1) is 0 Å². The standard InChI is InChI=1S/C18H23N5O2/c1-13(24)23-10-4-7-16(23)15-6-3-9-22(15)12-17-20-18(21-25-17)14-5-2-8-19-11-14/h2,5,8,11,15-16H,3-4,6-7,9-10,12H2,1H3/t15-,16+/m0/s1. The van der Waals surface area contributed by atoms with Crippen molar-refractivity contribution in [1.82, 2.24) is 24.9 Å². The van der Waals surface area contributed by atoms with Gasteiger partial charge in [-0.2, -0.15) is 4.98 Å². The average Bonchev–Trinajstić information content (AvgIpc) is 3.36. The normalized spacial score (nSPS) is 24.1. The molecule has 2 aliphatic heterocycles. The highest BCUT2D eigenvalue weighted by atomic mass is 16.5. The van der Waals surface area contributed by atoms with Crippen molar-refractivity contribution in [2.24, 2.45) is 0 Å². The molecule has 2 aromatic heterocycles. The van der Waals surface area contributed by atoms with Crippen LogP contribution >= 0.6 is 0 Å². The third kappa shape index (κ3) is 3.28. The smallest absolute Gasteiger partial charge is 0.241 e. The lowest BCUT2D eigenvalue weighted by Gasteiger charge is -2.33. The molecule has 0 spiro atoms. The Bertz CT molecular complexity index is 732. The number of likely N-dealkylation sites (tertiary alicyclic amines) is 2. The molecule has 0 radical (unpaired) electrons. The van der Waals surface area contributed by atoms with Gasteiger partial charge in [-0.25, -0.2) is 0 Å². The maximum atomic E-state index is 11.9. The van der Waals surface area contributed by atoms with E-state index in [9.17, 15) is 4.79 Å². The molecule has 0 aromatic carbocycles. The van der Waals surface area contributed by atoms with Crippen LogP contribution in [0.5, 0.6) is 0 Å². The second-order valence-corrected chi connectivity index (χ2v) is 6.86. The van der Waals surface area contributed by atoms with Crippen molar-refractivity contribution < 1.29 is 9.32 Å². The minimum atomic E-state index is 0.186. The topological polar surface area (TPSA) is 75.4 Å². The molecule has 0 bridgehead atoms. The molecule has 7 nitrogen and oxygen atoms in total. The van der Waals surface area contributed by atoms with Crippen molar-refractivity contribution in [2.45, 2.75) is 51.2 Å². The van der Waals surface area contributed by atoms with Crippen LogP contribution in [0.25, 0.3) is 11.4 Å². The molecule has 2 aliphatic rings. The highest BCUT2D eigenvalue weighted by molar-refractivity contribution is 5.74. The molecule has 0 saturated carbocycles. The van der Waals surface area contributed by atoms with Crippen LogP contribution in [0.4, 0.5) is 0 Å². The zero-order valence-corrected chi connectivity index (χ0v) is 14.5. The molecular weight excluding hydrogens is 318 g/mol. The van der Waals surface area contributed by atoms with Crippen LogP contribution in [-0.4, -0.2) is 56.0 Å². The highest BCUT2D eigenvalue weighted by Crippen LogP contribution is 2.31. The Kier molecular flexibility index (Phi) is 4.48. The van der Waals surface area contributed by atoms with Gasteiger partial charge in [-0.3, -0.25) is 14.7 Å². The van der Waals surface area contributed by atoms with Crippen molar-refractivity contribution in [3.05, 3.63) is 30.4 Å². The monoisotopic (exact) mass is 341 g/mol. The Hall–Kier alpha value is -2.28. The van der Waals surface area contributed by atoms with Gasteiger partial charge >= 0.3 is 0 Å². The lowest BCUT2D eigenvalue weighted by molar-refractivity contribution is -0.130. The minimum absolute atomic E-state index is 0.186. The summed E-state index contributed by atoms with van der Waals surface area (Å²) in [6.07, 6.45) is 7.92. The fourth-order valence-corrected chi connectivity index (χ4v) is 4.17. The van der Waals surface area contributed by atoms with E-state index in [1.54, 1.807) is 19.3 Å². The van der Waals surface area contributed by atoms with Crippen LogP contribution in [0.15, 0.2) is 29.0 Å². The summed E-state index contributed by atoms with van der Waals surface area (Å²) in [4.78, 5) is 24.9. The van der Waals surface area contributed by atoms with Gasteiger partial charge in [0.25, 0.3) is 0 Å². The summed E-state index contributed by atoms with van der Waals surface area (Å²) in [7, 11) is 0. The molecule has 1 amide bonds. The number of pyridine rings is 1. The molecule has 0 unspecified atom stereocenters. The Morgan fingerprint density at radius 1 is 1.28 bits per heavy atom. The summed E-state index contributed by atoms with van der Waals surface area (Å²) in [5, 5.41) is 4.08. The minimum Gasteiger partial charge on any atom is -0.338 e. The zero-order valence-electron chi connectivity index (χ0n) is 14.5. The summed E-state index contributed by atoms with van der Waals surface area (Å²) in [5.41, 5.74) is 0.856. The van der Waals surface area contributed by atoms with Gasteiger partial charge in [-0.05, 0) is 44.4 Å². The van der Waals surface area contributed by atoms with Gasteiger partial charge < -0.3 is 9.42 Å². The number of hydrogen-bond acceptors (Lipinski definition) is 6. The average molecular weight is 341 g/mol. The number of aromatic nitrogens is 3. The van der Waals surface area contributed by atoms with Crippen molar-refractivity contribution in [3.8, 4) is 11.4 Å². The first-order valence-corrected chi connectivity index (χ1v) is 8.96. The number of nitrogens with zero attached hydrogens (tertiary/aromatic N) is 5.